The molecule has 0 aliphatic heterocycles. The third kappa shape index (κ3) is 2.68. The maximum atomic E-state index is 11.6. The van der Waals surface area contributed by atoms with Crippen molar-refractivity contribution in [3.63, 3.8) is 0 Å². The summed E-state index contributed by atoms with van der Waals surface area (Å²) in [5, 5.41) is 22.2. The van der Waals surface area contributed by atoms with E-state index in [0.29, 0.717) is 16.8 Å². The van der Waals surface area contributed by atoms with Gasteiger partial charge < -0.3 is 9.62 Å². The molecule has 0 amide bonds. The summed E-state index contributed by atoms with van der Waals surface area (Å²) in [6.07, 6.45) is 1.47. The van der Waals surface area contributed by atoms with Gasteiger partial charge in [-0.15, -0.1) is 21.5 Å². The van der Waals surface area contributed by atoms with Crippen LogP contribution in [0.15, 0.2) is 51.4 Å². The predicted octanol–water partition coefficient (Wildman–Crippen LogP) is 3.28. The molecule has 1 atom stereocenters. The molecule has 0 aliphatic carbocycles. The molecule has 5 nitrogen and oxygen atoms in total. The van der Waals surface area contributed by atoms with Crippen LogP contribution in [0.3, 0.4) is 0 Å². The van der Waals surface area contributed by atoms with Crippen LogP contribution in [-0.2, 0) is 0 Å². The number of hydrogen-bond donors (Lipinski definition) is 0. The fraction of sp³-hybridized carbons (Fsp3) is 0.154. The number of aromatic nitrogens is 3. The second kappa shape index (κ2) is 5.64. The lowest BCUT2D eigenvalue weighted by Crippen LogP contribution is -2.27. The molecule has 20 heavy (non-hydrogen) atoms. The van der Waals surface area contributed by atoms with Gasteiger partial charge in [0.15, 0.2) is 6.20 Å². The van der Waals surface area contributed by atoms with E-state index in [9.17, 15) is 5.21 Å². The standard InChI is InChI=1S/C13H11N3O2S2/c1-9(20-11-6-2-3-7-16(11)17)12-14-15-13(18-12)10-5-4-8-19-10/h2-9H,1H3/t9-/m1/s1. The van der Waals surface area contributed by atoms with Gasteiger partial charge in [0.05, 0.1) is 10.1 Å². The van der Waals surface area contributed by atoms with Crippen molar-refractivity contribution in [2.45, 2.75) is 17.2 Å². The van der Waals surface area contributed by atoms with E-state index in [2.05, 4.69) is 10.2 Å². The Labute approximate surface area is 123 Å². The number of thioether (sulfide) groups is 1. The average Bonchev–Trinajstić information content (AvgIpc) is 3.11. The Balaban J connectivity index is 1.78. The third-order valence-corrected chi connectivity index (χ3v) is 4.58. The van der Waals surface area contributed by atoms with Crippen LogP contribution in [0.1, 0.15) is 18.1 Å². The molecule has 3 aromatic heterocycles. The molecule has 0 spiro atoms. The zero-order chi connectivity index (χ0) is 13.9. The zero-order valence-electron chi connectivity index (χ0n) is 10.6. The molecule has 102 valence electrons. The molecule has 3 aromatic rings. The monoisotopic (exact) mass is 305 g/mol. The van der Waals surface area contributed by atoms with Gasteiger partial charge in [0, 0.05) is 12.1 Å². The van der Waals surface area contributed by atoms with Crippen molar-refractivity contribution in [3.05, 3.63) is 53.0 Å². The lowest BCUT2D eigenvalue weighted by Gasteiger charge is -2.06. The number of nitrogens with zero attached hydrogens (tertiary/aromatic N) is 3. The molecule has 0 saturated heterocycles. The van der Waals surface area contributed by atoms with Crippen LogP contribution in [-0.4, -0.2) is 10.2 Å². The highest BCUT2D eigenvalue weighted by molar-refractivity contribution is 7.99. The Morgan fingerprint density at radius 1 is 1.30 bits per heavy atom. The highest BCUT2D eigenvalue weighted by atomic mass is 32.2. The topological polar surface area (TPSA) is 65.9 Å². The van der Waals surface area contributed by atoms with Gasteiger partial charge in [-0.05, 0) is 36.2 Å². The first-order valence-electron chi connectivity index (χ1n) is 5.96. The summed E-state index contributed by atoms with van der Waals surface area (Å²) in [5.74, 6) is 1.03. The number of thiophene rings is 1. The van der Waals surface area contributed by atoms with Crippen molar-refractivity contribution in [1.82, 2.24) is 10.2 Å². The van der Waals surface area contributed by atoms with Crippen LogP contribution in [0.4, 0.5) is 0 Å². The van der Waals surface area contributed by atoms with Crippen molar-refractivity contribution in [3.8, 4) is 10.8 Å². The van der Waals surface area contributed by atoms with E-state index in [1.165, 1.54) is 18.0 Å². The van der Waals surface area contributed by atoms with Crippen LogP contribution in [0, 0.1) is 5.21 Å². The quantitative estimate of drug-likeness (QED) is 0.420. The molecule has 0 saturated carbocycles. The fourth-order valence-electron chi connectivity index (χ4n) is 1.63. The van der Waals surface area contributed by atoms with Crippen molar-refractivity contribution in [2.24, 2.45) is 0 Å². The summed E-state index contributed by atoms with van der Waals surface area (Å²) in [7, 11) is 0. The fourth-order valence-corrected chi connectivity index (χ4v) is 3.16. The molecular formula is C13H11N3O2S2. The zero-order valence-corrected chi connectivity index (χ0v) is 12.2. The van der Waals surface area contributed by atoms with E-state index in [-0.39, 0.29) is 5.25 Å². The lowest BCUT2D eigenvalue weighted by atomic mass is 10.5. The second-order valence-electron chi connectivity index (χ2n) is 4.05. The smallest absolute Gasteiger partial charge is 0.257 e. The molecule has 0 bridgehead atoms. The first-order valence-corrected chi connectivity index (χ1v) is 7.72. The first-order chi connectivity index (χ1) is 9.74. The summed E-state index contributed by atoms with van der Waals surface area (Å²) >= 11 is 2.94. The van der Waals surface area contributed by atoms with Crippen molar-refractivity contribution < 1.29 is 9.15 Å². The van der Waals surface area contributed by atoms with E-state index in [1.54, 1.807) is 23.5 Å². The Kier molecular flexibility index (Phi) is 3.70. The van der Waals surface area contributed by atoms with Crippen molar-refractivity contribution in [2.75, 3.05) is 0 Å². The number of hydrogen-bond acceptors (Lipinski definition) is 6. The number of pyridine rings is 1. The van der Waals surface area contributed by atoms with Crippen molar-refractivity contribution in [1.29, 1.82) is 0 Å². The summed E-state index contributed by atoms with van der Waals surface area (Å²) < 4.78 is 6.49. The molecular weight excluding hydrogens is 294 g/mol. The van der Waals surface area contributed by atoms with E-state index in [1.807, 2.05) is 30.5 Å². The highest BCUT2D eigenvalue weighted by Crippen LogP contribution is 2.33. The summed E-state index contributed by atoms with van der Waals surface area (Å²) in [6.45, 7) is 1.93. The molecule has 0 fully saturated rings. The SMILES string of the molecule is C[C@@H](Sc1cccc[n+]1[O-])c1nnc(-c2cccs2)o1. The van der Waals surface area contributed by atoms with Crippen LogP contribution < -0.4 is 4.73 Å². The Morgan fingerprint density at radius 2 is 2.20 bits per heavy atom. The van der Waals surface area contributed by atoms with E-state index in [0.717, 1.165) is 9.61 Å². The van der Waals surface area contributed by atoms with Crippen LogP contribution in [0.2, 0.25) is 0 Å². The molecule has 0 N–H and O–H groups in total. The second-order valence-corrected chi connectivity index (χ2v) is 6.36. The number of rotatable bonds is 4. The molecule has 3 rings (SSSR count). The van der Waals surface area contributed by atoms with E-state index >= 15 is 0 Å². The van der Waals surface area contributed by atoms with Gasteiger partial charge in [-0.1, -0.05) is 6.07 Å². The minimum absolute atomic E-state index is 0.0844. The van der Waals surface area contributed by atoms with E-state index < -0.39 is 0 Å². The van der Waals surface area contributed by atoms with Gasteiger partial charge in [-0.25, -0.2) is 0 Å². The molecule has 0 unspecified atom stereocenters. The van der Waals surface area contributed by atoms with Crippen LogP contribution >= 0.6 is 23.1 Å². The minimum atomic E-state index is -0.0844. The molecule has 0 aromatic carbocycles. The summed E-state index contributed by atoms with van der Waals surface area (Å²) in [6, 6.07) is 9.16. The maximum absolute atomic E-state index is 11.6. The van der Waals surface area contributed by atoms with Crippen LogP contribution in [0.5, 0.6) is 0 Å². The minimum Gasteiger partial charge on any atom is -0.618 e. The Morgan fingerprint density at radius 3 is 2.95 bits per heavy atom. The molecule has 7 heteroatoms. The van der Waals surface area contributed by atoms with Gasteiger partial charge in [0.2, 0.25) is 5.89 Å². The molecule has 0 radical (unpaired) electrons. The van der Waals surface area contributed by atoms with Gasteiger partial charge >= 0.3 is 0 Å². The molecule has 3 heterocycles. The van der Waals surface area contributed by atoms with Gasteiger partial charge in [0.25, 0.3) is 10.9 Å². The largest absolute Gasteiger partial charge is 0.618 e. The predicted molar refractivity (Wildman–Crippen MR) is 77.3 cm³/mol. The first kappa shape index (κ1) is 13.1. The van der Waals surface area contributed by atoms with E-state index in [4.69, 9.17) is 4.42 Å². The van der Waals surface area contributed by atoms with Gasteiger partial charge in [-0.3, -0.25) is 0 Å². The third-order valence-electron chi connectivity index (χ3n) is 2.61. The highest BCUT2D eigenvalue weighted by Gasteiger charge is 2.19. The maximum Gasteiger partial charge on any atom is 0.257 e. The van der Waals surface area contributed by atoms with Gasteiger partial charge in [-0.2, -0.15) is 4.73 Å². The normalized spacial score (nSPS) is 12.4. The Hall–Kier alpha value is -1.86. The van der Waals surface area contributed by atoms with Gasteiger partial charge in [0.1, 0.15) is 0 Å². The van der Waals surface area contributed by atoms with Crippen LogP contribution in [0.25, 0.3) is 10.8 Å². The lowest BCUT2D eigenvalue weighted by molar-refractivity contribution is -0.645. The summed E-state index contributed by atoms with van der Waals surface area (Å²) in [4.78, 5) is 0.944. The average molecular weight is 305 g/mol. The summed E-state index contributed by atoms with van der Waals surface area (Å²) in [5.41, 5.74) is 0. The van der Waals surface area contributed by atoms with Crippen molar-refractivity contribution >= 4 is 23.1 Å². The Bertz CT molecular complexity index is 697. The molecule has 0 aliphatic rings.